The minimum absolute atomic E-state index is 0.0714. The number of carboxylic acid groups (broad SMARTS) is 1. The van der Waals surface area contributed by atoms with Crippen LogP contribution in [0.5, 0.6) is 0 Å². The first-order chi connectivity index (χ1) is 9.63. The Morgan fingerprint density at radius 1 is 1.30 bits per heavy atom. The molecule has 0 atom stereocenters. The lowest BCUT2D eigenvalue weighted by atomic mass is 9.94. The van der Waals surface area contributed by atoms with Crippen LogP contribution in [0.1, 0.15) is 39.0 Å². The highest BCUT2D eigenvalue weighted by Gasteiger charge is 2.23. The summed E-state index contributed by atoms with van der Waals surface area (Å²) in [5, 5.41) is 11.6. The topological polar surface area (TPSA) is 78.9 Å². The summed E-state index contributed by atoms with van der Waals surface area (Å²) in [6.45, 7) is 5.20. The Hall–Kier alpha value is -1.30. The molecular formula is C14H26N2O4. The zero-order valence-electron chi connectivity index (χ0n) is 12.3. The van der Waals surface area contributed by atoms with E-state index in [2.05, 4.69) is 12.2 Å². The van der Waals surface area contributed by atoms with Crippen LogP contribution in [0, 0.1) is 5.92 Å². The SMILES string of the molecule is CCCCOCCNC(=O)N1CCC(CC(=O)O)CC1. The maximum atomic E-state index is 11.9. The molecule has 0 bridgehead atoms. The molecule has 0 unspecified atom stereocenters. The van der Waals surface area contributed by atoms with Gasteiger partial charge in [-0.05, 0) is 25.2 Å². The third kappa shape index (κ3) is 6.75. The van der Waals surface area contributed by atoms with Gasteiger partial charge in [0.2, 0.25) is 0 Å². The summed E-state index contributed by atoms with van der Waals surface area (Å²) < 4.78 is 5.37. The van der Waals surface area contributed by atoms with Gasteiger partial charge in [-0.1, -0.05) is 13.3 Å². The molecule has 0 aliphatic carbocycles. The second kappa shape index (κ2) is 9.58. The average Bonchev–Trinajstić information content (AvgIpc) is 2.42. The van der Waals surface area contributed by atoms with Gasteiger partial charge >= 0.3 is 12.0 Å². The maximum Gasteiger partial charge on any atom is 0.317 e. The molecular weight excluding hydrogens is 260 g/mol. The van der Waals surface area contributed by atoms with Crippen molar-refractivity contribution in [1.82, 2.24) is 10.2 Å². The van der Waals surface area contributed by atoms with Crippen LogP contribution in [0.25, 0.3) is 0 Å². The Bertz CT molecular complexity index is 302. The number of carbonyl (C=O) groups excluding carboxylic acids is 1. The third-order valence-electron chi connectivity index (χ3n) is 3.53. The normalized spacial score (nSPS) is 16.1. The number of nitrogens with zero attached hydrogens (tertiary/aromatic N) is 1. The van der Waals surface area contributed by atoms with Gasteiger partial charge in [0.1, 0.15) is 0 Å². The Kier molecular flexibility index (Phi) is 8.02. The number of ether oxygens (including phenoxy) is 1. The number of amides is 2. The fourth-order valence-corrected chi connectivity index (χ4v) is 2.28. The number of carboxylic acids is 1. The van der Waals surface area contributed by atoms with Crippen molar-refractivity contribution >= 4 is 12.0 Å². The van der Waals surface area contributed by atoms with Gasteiger partial charge in [0, 0.05) is 32.7 Å². The number of likely N-dealkylation sites (tertiary alicyclic amines) is 1. The second-order valence-electron chi connectivity index (χ2n) is 5.23. The molecule has 1 saturated heterocycles. The first-order valence-electron chi connectivity index (χ1n) is 7.45. The highest BCUT2D eigenvalue weighted by molar-refractivity contribution is 5.74. The summed E-state index contributed by atoms with van der Waals surface area (Å²) in [5.74, 6) is -0.550. The highest BCUT2D eigenvalue weighted by Crippen LogP contribution is 2.20. The van der Waals surface area contributed by atoms with Crippen LogP contribution >= 0.6 is 0 Å². The summed E-state index contributed by atoms with van der Waals surface area (Å²) in [4.78, 5) is 24.2. The van der Waals surface area contributed by atoms with Crippen LogP contribution in [-0.2, 0) is 9.53 Å². The number of piperidine rings is 1. The third-order valence-corrected chi connectivity index (χ3v) is 3.53. The molecule has 1 heterocycles. The fraction of sp³-hybridized carbons (Fsp3) is 0.857. The lowest BCUT2D eigenvalue weighted by Crippen LogP contribution is -2.45. The molecule has 0 spiro atoms. The van der Waals surface area contributed by atoms with Gasteiger partial charge in [-0.3, -0.25) is 4.79 Å². The van der Waals surface area contributed by atoms with E-state index in [1.807, 2.05) is 0 Å². The van der Waals surface area contributed by atoms with E-state index in [1.165, 1.54) is 0 Å². The largest absolute Gasteiger partial charge is 0.481 e. The standard InChI is InChI=1S/C14H26N2O4/c1-2-3-9-20-10-6-15-14(19)16-7-4-12(5-8-16)11-13(17)18/h12H,2-11H2,1H3,(H,15,19)(H,17,18). The summed E-state index contributed by atoms with van der Waals surface area (Å²) in [6.07, 6.45) is 3.91. The van der Waals surface area contributed by atoms with E-state index in [0.29, 0.717) is 26.2 Å². The van der Waals surface area contributed by atoms with Crippen LogP contribution in [0.3, 0.4) is 0 Å². The molecule has 1 aliphatic heterocycles. The lowest BCUT2D eigenvalue weighted by molar-refractivity contribution is -0.138. The number of nitrogens with one attached hydrogen (secondary N) is 1. The molecule has 0 aromatic carbocycles. The van der Waals surface area contributed by atoms with E-state index in [4.69, 9.17) is 9.84 Å². The number of rotatable bonds is 8. The molecule has 0 aromatic rings. The van der Waals surface area contributed by atoms with Crippen LogP contribution in [0.2, 0.25) is 0 Å². The van der Waals surface area contributed by atoms with Gasteiger partial charge in [0.25, 0.3) is 0 Å². The minimum atomic E-state index is -0.753. The summed E-state index contributed by atoms with van der Waals surface area (Å²) >= 11 is 0. The van der Waals surface area contributed by atoms with E-state index in [-0.39, 0.29) is 18.4 Å². The van der Waals surface area contributed by atoms with Crippen LogP contribution in [0.4, 0.5) is 4.79 Å². The molecule has 20 heavy (non-hydrogen) atoms. The van der Waals surface area contributed by atoms with Gasteiger partial charge in [-0.2, -0.15) is 0 Å². The molecule has 0 aromatic heterocycles. The summed E-state index contributed by atoms with van der Waals surface area (Å²) in [6, 6.07) is -0.0714. The molecule has 6 heteroatoms. The van der Waals surface area contributed by atoms with Crippen molar-refractivity contribution in [3.8, 4) is 0 Å². The van der Waals surface area contributed by atoms with Crippen molar-refractivity contribution in [3.05, 3.63) is 0 Å². The smallest absolute Gasteiger partial charge is 0.317 e. The molecule has 6 nitrogen and oxygen atoms in total. The number of hydrogen-bond donors (Lipinski definition) is 2. The van der Waals surface area contributed by atoms with E-state index in [1.54, 1.807) is 4.90 Å². The van der Waals surface area contributed by atoms with Gasteiger partial charge in [0.05, 0.1) is 6.61 Å². The van der Waals surface area contributed by atoms with Crippen molar-refractivity contribution in [3.63, 3.8) is 0 Å². The van der Waals surface area contributed by atoms with Gasteiger partial charge in [-0.15, -0.1) is 0 Å². The average molecular weight is 286 g/mol. The Balaban J connectivity index is 2.08. The molecule has 1 rings (SSSR count). The zero-order chi connectivity index (χ0) is 14.8. The predicted molar refractivity (Wildman–Crippen MR) is 75.7 cm³/mol. The van der Waals surface area contributed by atoms with Gasteiger partial charge < -0.3 is 20.1 Å². The van der Waals surface area contributed by atoms with Crippen molar-refractivity contribution < 1.29 is 19.4 Å². The number of unbranched alkanes of at least 4 members (excludes halogenated alkanes) is 1. The first-order valence-corrected chi connectivity index (χ1v) is 7.45. The molecule has 116 valence electrons. The Labute approximate surface area is 120 Å². The quantitative estimate of drug-likeness (QED) is 0.666. The van der Waals surface area contributed by atoms with E-state index >= 15 is 0 Å². The first kappa shape index (κ1) is 16.8. The highest BCUT2D eigenvalue weighted by atomic mass is 16.5. The van der Waals surface area contributed by atoms with E-state index in [0.717, 1.165) is 32.3 Å². The fourth-order valence-electron chi connectivity index (χ4n) is 2.28. The molecule has 2 N–H and O–H groups in total. The molecule has 0 saturated carbocycles. The summed E-state index contributed by atoms with van der Waals surface area (Å²) in [7, 11) is 0. The van der Waals surface area contributed by atoms with Gasteiger partial charge in [0.15, 0.2) is 0 Å². The number of aliphatic carboxylic acids is 1. The second-order valence-corrected chi connectivity index (χ2v) is 5.23. The molecule has 2 amide bonds. The van der Waals surface area contributed by atoms with E-state index in [9.17, 15) is 9.59 Å². The molecule has 0 radical (unpaired) electrons. The predicted octanol–water partition coefficient (Wildman–Crippen LogP) is 1.70. The van der Waals surface area contributed by atoms with Crippen molar-refractivity contribution in [2.45, 2.75) is 39.0 Å². The zero-order valence-corrected chi connectivity index (χ0v) is 12.3. The summed E-state index contributed by atoms with van der Waals surface area (Å²) in [5.41, 5.74) is 0. The number of urea groups is 1. The van der Waals surface area contributed by atoms with Gasteiger partial charge in [-0.25, -0.2) is 4.79 Å². The Morgan fingerprint density at radius 2 is 2.00 bits per heavy atom. The lowest BCUT2D eigenvalue weighted by Gasteiger charge is -2.31. The Morgan fingerprint density at radius 3 is 2.60 bits per heavy atom. The van der Waals surface area contributed by atoms with Crippen LogP contribution in [-0.4, -0.2) is 54.9 Å². The van der Waals surface area contributed by atoms with Crippen LogP contribution in [0.15, 0.2) is 0 Å². The monoisotopic (exact) mass is 286 g/mol. The molecule has 1 aliphatic rings. The number of carbonyl (C=O) groups is 2. The molecule has 1 fully saturated rings. The maximum absolute atomic E-state index is 11.9. The van der Waals surface area contributed by atoms with E-state index < -0.39 is 5.97 Å². The van der Waals surface area contributed by atoms with Crippen LogP contribution < -0.4 is 5.32 Å². The minimum Gasteiger partial charge on any atom is -0.481 e. The van der Waals surface area contributed by atoms with Crippen molar-refractivity contribution in [2.75, 3.05) is 32.8 Å². The van der Waals surface area contributed by atoms with Crippen molar-refractivity contribution in [1.29, 1.82) is 0 Å². The van der Waals surface area contributed by atoms with Crippen molar-refractivity contribution in [2.24, 2.45) is 5.92 Å². The number of hydrogen-bond acceptors (Lipinski definition) is 3.